The summed E-state index contributed by atoms with van der Waals surface area (Å²) in [5.41, 5.74) is 8.36. The van der Waals surface area contributed by atoms with Gasteiger partial charge in [0.2, 0.25) is 5.95 Å². The Balaban J connectivity index is 1.40. The number of carbonyl (C=O) groups excluding carboxylic acids is 1. The number of nitrogens with one attached hydrogen (secondary N) is 1. The van der Waals surface area contributed by atoms with Gasteiger partial charge in [0.05, 0.1) is 5.69 Å². The molecule has 1 saturated heterocycles. The number of urea groups is 1. The van der Waals surface area contributed by atoms with Crippen LogP contribution < -0.4 is 20.7 Å². The second-order valence-electron chi connectivity index (χ2n) is 9.77. The van der Waals surface area contributed by atoms with Crippen LogP contribution in [0.3, 0.4) is 0 Å². The van der Waals surface area contributed by atoms with E-state index in [1.165, 1.54) is 5.56 Å². The van der Waals surface area contributed by atoms with E-state index in [4.69, 9.17) is 10.5 Å². The molecule has 0 saturated carbocycles. The van der Waals surface area contributed by atoms with Crippen LogP contribution in [0.15, 0.2) is 54.9 Å². The number of rotatable bonds is 5. The molecule has 1 atom stereocenters. The van der Waals surface area contributed by atoms with Gasteiger partial charge in [-0.15, -0.1) is 0 Å². The molecule has 0 spiro atoms. The summed E-state index contributed by atoms with van der Waals surface area (Å²) < 4.78 is 6.02. The van der Waals surface area contributed by atoms with E-state index in [9.17, 15) is 4.79 Å². The molecule has 35 heavy (non-hydrogen) atoms. The molecular formula is C26H33N7O2. The molecule has 2 aromatic heterocycles. The first-order valence-corrected chi connectivity index (χ1v) is 11.8. The van der Waals surface area contributed by atoms with Gasteiger partial charge in [-0.2, -0.15) is 0 Å². The molecule has 184 valence electrons. The molecule has 1 fully saturated rings. The topological polar surface area (TPSA) is 110 Å². The van der Waals surface area contributed by atoms with Crippen LogP contribution in [0.5, 0.6) is 5.75 Å². The molecule has 2 amide bonds. The SMILES string of the molecule is C[C@@H]1CN(c2ncccc2OCc2ccnc(N)n2)CCN1C(=O)Nc1cccc(C(C)(C)C)c1. The number of nitrogens with two attached hydrogens (primary N) is 1. The van der Waals surface area contributed by atoms with E-state index in [-0.39, 0.29) is 30.0 Å². The third kappa shape index (κ3) is 5.98. The van der Waals surface area contributed by atoms with Crippen LogP contribution in [0.1, 0.15) is 39.0 Å². The number of anilines is 3. The molecule has 0 radical (unpaired) electrons. The molecule has 0 unspecified atom stereocenters. The van der Waals surface area contributed by atoms with Crippen molar-refractivity contribution in [3.63, 3.8) is 0 Å². The number of benzene rings is 1. The minimum absolute atomic E-state index is 0.00827. The number of ether oxygens (including phenoxy) is 1. The minimum atomic E-state index is -0.0953. The average Bonchev–Trinajstić information content (AvgIpc) is 2.82. The van der Waals surface area contributed by atoms with Gasteiger partial charge >= 0.3 is 6.03 Å². The van der Waals surface area contributed by atoms with Gasteiger partial charge in [-0.1, -0.05) is 32.9 Å². The summed E-state index contributed by atoms with van der Waals surface area (Å²) in [6.45, 7) is 10.7. The second-order valence-corrected chi connectivity index (χ2v) is 9.77. The van der Waals surface area contributed by atoms with Crippen molar-refractivity contribution in [2.45, 2.75) is 45.8 Å². The number of piperazine rings is 1. The van der Waals surface area contributed by atoms with Gasteiger partial charge < -0.3 is 25.6 Å². The molecule has 0 bridgehead atoms. The predicted molar refractivity (Wildman–Crippen MR) is 138 cm³/mol. The fraction of sp³-hybridized carbons (Fsp3) is 0.385. The largest absolute Gasteiger partial charge is 0.483 e. The van der Waals surface area contributed by atoms with Crippen LogP contribution in [0, 0.1) is 0 Å². The lowest BCUT2D eigenvalue weighted by atomic mass is 9.87. The molecule has 1 aliphatic rings. The van der Waals surface area contributed by atoms with Gasteiger partial charge in [0, 0.05) is 43.8 Å². The highest BCUT2D eigenvalue weighted by molar-refractivity contribution is 5.89. The van der Waals surface area contributed by atoms with Crippen molar-refractivity contribution < 1.29 is 9.53 Å². The number of pyridine rings is 1. The van der Waals surface area contributed by atoms with Crippen LogP contribution >= 0.6 is 0 Å². The Morgan fingerprint density at radius 1 is 1.14 bits per heavy atom. The zero-order valence-corrected chi connectivity index (χ0v) is 20.7. The van der Waals surface area contributed by atoms with E-state index < -0.39 is 0 Å². The van der Waals surface area contributed by atoms with Crippen LogP contribution in [0.25, 0.3) is 0 Å². The zero-order chi connectivity index (χ0) is 25.0. The summed E-state index contributed by atoms with van der Waals surface area (Å²) in [7, 11) is 0. The number of amides is 2. The van der Waals surface area contributed by atoms with Gasteiger partial charge in [-0.25, -0.2) is 19.7 Å². The number of nitrogens with zero attached hydrogens (tertiary/aromatic N) is 5. The molecule has 3 aromatic rings. The maximum atomic E-state index is 13.1. The number of carbonyl (C=O) groups is 1. The lowest BCUT2D eigenvalue weighted by Gasteiger charge is -2.40. The van der Waals surface area contributed by atoms with Gasteiger partial charge in [-0.05, 0) is 48.2 Å². The van der Waals surface area contributed by atoms with Crippen molar-refractivity contribution in [3.8, 4) is 5.75 Å². The first-order chi connectivity index (χ1) is 16.7. The van der Waals surface area contributed by atoms with Crippen molar-refractivity contribution >= 4 is 23.5 Å². The quantitative estimate of drug-likeness (QED) is 0.572. The predicted octanol–water partition coefficient (Wildman–Crippen LogP) is 4.07. The van der Waals surface area contributed by atoms with E-state index in [0.717, 1.165) is 11.5 Å². The van der Waals surface area contributed by atoms with Crippen LogP contribution in [0.4, 0.5) is 22.2 Å². The monoisotopic (exact) mass is 475 g/mol. The lowest BCUT2D eigenvalue weighted by Crippen LogP contribution is -2.55. The first kappa shape index (κ1) is 24.3. The summed E-state index contributed by atoms with van der Waals surface area (Å²) in [6.07, 6.45) is 3.35. The number of nitrogen functional groups attached to an aromatic ring is 1. The Bertz CT molecular complexity index is 1180. The summed E-state index contributed by atoms with van der Waals surface area (Å²) in [5.74, 6) is 1.62. The molecule has 3 N–H and O–H groups in total. The number of hydrogen-bond acceptors (Lipinski definition) is 7. The fourth-order valence-corrected chi connectivity index (χ4v) is 4.09. The Labute approximate surface area is 206 Å². The maximum absolute atomic E-state index is 13.1. The summed E-state index contributed by atoms with van der Waals surface area (Å²) >= 11 is 0. The Morgan fingerprint density at radius 3 is 2.71 bits per heavy atom. The van der Waals surface area contributed by atoms with E-state index in [1.807, 2.05) is 42.2 Å². The molecule has 1 aromatic carbocycles. The van der Waals surface area contributed by atoms with E-state index >= 15 is 0 Å². The van der Waals surface area contributed by atoms with Crippen molar-refractivity contribution in [1.29, 1.82) is 0 Å². The third-order valence-corrected chi connectivity index (χ3v) is 6.03. The number of hydrogen-bond donors (Lipinski definition) is 2. The molecular weight excluding hydrogens is 442 g/mol. The van der Waals surface area contributed by atoms with E-state index in [2.05, 4.69) is 52.0 Å². The van der Waals surface area contributed by atoms with Crippen LogP contribution in [0.2, 0.25) is 0 Å². The molecule has 9 heteroatoms. The Kier molecular flexibility index (Phi) is 7.04. The number of aromatic nitrogens is 3. The first-order valence-electron chi connectivity index (χ1n) is 11.8. The molecule has 3 heterocycles. The van der Waals surface area contributed by atoms with Crippen molar-refractivity contribution in [1.82, 2.24) is 19.9 Å². The van der Waals surface area contributed by atoms with Gasteiger partial charge in [0.15, 0.2) is 11.6 Å². The highest BCUT2D eigenvalue weighted by atomic mass is 16.5. The van der Waals surface area contributed by atoms with Crippen molar-refractivity contribution in [2.24, 2.45) is 0 Å². The lowest BCUT2D eigenvalue weighted by molar-refractivity contribution is 0.184. The van der Waals surface area contributed by atoms with Crippen LogP contribution in [-0.4, -0.2) is 51.6 Å². The fourth-order valence-electron chi connectivity index (χ4n) is 4.09. The van der Waals surface area contributed by atoms with Crippen LogP contribution in [-0.2, 0) is 12.0 Å². The maximum Gasteiger partial charge on any atom is 0.322 e. The minimum Gasteiger partial charge on any atom is -0.483 e. The average molecular weight is 476 g/mol. The van der Waals surface area contributed by atoms with Crippen molar-refractivity contribution in [3.05, 3.63) is 66.1 Å². The normalized spacial score (nSPS) is 16.2. The van der Waals surface area contributed by atoms with E-state index in [1.54, 1.807) is 18.5 Å². The Hall–Kier alpha value is -3.88. The third-order valence-electron chi connectivity index (χ3n) is 6.03. The summed E-state index contributed by atoms with van der Waals surface area (Å²) in [4.78, 5) is 29.7. The standard InChI is InChI=1S/C26H33N7O2/c1-18-16-32(23-22(9-6-11-28-23)35-17-21-10-12-29-24(27)30-21)13-14-33(18)25(34)31-20-8-5-7-19(15-20)26(2,3)4/h5-12,15,18H,13-14,16-17H2,1-4H3,(H,31,34)(H2,27,29,30)/t18-/m1/s1. The zero-order valence-electron chi connectivity index (χ0n) is 20.7. The van der Waals surface area contributed by atoms with Crippen molar-refractivity contribution in [2.75, 3.05) is 35.6 Å². The van der Waals surface area contributed by atoms with Gasteiger partial charge in [-0.3, -0.25) is 0 Å². The highest BCUT2D eigenvalue weighted by Crippen LogP contribution is 2.29. The molecule has 9 nitrogen and oxygen atoms in total. The summed E-state index contributed by atoms with van der Waals surface area (Å²) in [5, 5.41) is 3.07. The van der Waals surface area contributed by atoms with Gasteiger partial charge in [0.25, 0.3) is 0 Å². The molecule has 4 rings (SSSR count). The van der Waals surface area contributed by atoms with E-state index in [0.29, 0.717) is 31.1 Å². The Morgan fingerprint density at radius 2 is 1.97 bits per heavy atom. The second kappa shape index (κ2) is 10.2. The highest BCUT2D eigenvalue weighted by Gasteiger charge is 2.29. The molecule has 0 aliphatic carbocycles. The smallest absolute Gasteiger partial charge is 0.322 e. The summed E-state index contributed by atoms with van der Waals surface area (Å²) in [6, 6.07) is 13.4. The van der Waals surface area contributed by atoms with Gasteiger partial charge in [0.1, 0.15) is 6.61 Å². The molecule has 1 aliphatic heterocycles.